The van der Waals surface area contributed by atoms with Gasteiger partial charge in [-0.15, -0.1) is 0 Å². The predicted octanol–water partition coefficient (Wildman–Crippen LogP) is 4.17. The van der Waals surface area contributed by atoms with Crippen LogP contribution in [0.3, 0.4) is 0 Å². The first-order chi connectivity index (χ1) is 10.1. The number of rotatable bonds is 6. The standard InChI is InChI=1S/C17H17ClO3/c1-12(19)16-11-14(18)5-8-17(16)21-10-9-13-3-6-15(20-2)7-4-13/h3-8,11H,9-10H2,1-2H3. The van der Waals surface area contributed by atoms with E-state index in [1.165, 1.54) is 6.92 Å². The molecule has 0 N–H and O–H groups in total. The van der Waals surface area contributed by atoms with Crippen molar-refractivity contribution in [1.82, 2.24) is 0 Å². The van der Waals surface area contributed by atoms with E-state index in [-0.39, 0.29) is 5.78 Å². The Morgan fingerprint density at radius 3 is 2.48 bits per heavy atom. The fourth-order valence-corrected chi connectivity index (χ4v) is 2.15. The quantitative estimate of drug-likeness (QED) is 0.751. The van der Waals surface area contributed by atoms with Crippen molar-refractivity contribution in [3.8, 4) is 11.5 Å². The molecule has 0 aliphatic heterocycles. The van der Waals surface area contributed by atoms with Gasteiger partial charge in [0, 0.05) is 11.4 Å². The van der Waals surface area contributed by atoms with Gasteiger partial charge in [-0.2, -0.15) is 0 Å². The highest BCUT2D eigenvalue weighted by Crippen LogP contribution is 2.23. The number of carbonyl (C=O) groups excluding carboxylic acids is 1. The van der Waals surface area contributed by atoms with E-state index < -0.39 is 0 Å². The molecule has 0 aliphatic carbocycles. The lowest BCUT2D eigenvalue weighted by atomic mass is 10.1. The number of carbonyl (C=O) groups is 1. The summed E-state index contributed by atoms with van der Waals surface area (Å²) >= 11 is 5.90. The number of ether oxygens (including phenoxy) is 2. The van der Waals surface area contributed by atoms with Gasteiger partial charge < -0.3 is 9.47 Å². The third-order valence-corrected chi connectivity index (χ3v) is 3.36. The van der Waals surface area contributed by atoms with Crippen molar-refractivity contribution in [1.29, 1.82) is 0 Å². The highest BCUT2D eigenvalue weighted by molar-refractivity contribution is 6.31. The van der Waals surface area contributed by atoms with Crippen molar-refractivity contribution in [3.05, 3.63) is 58.6 Å². The van der Waals surface area contributed by atoms with Crippen LogP contribution in [-0.4, -0.2) is 19.5 Å². The Balaban J connectivity index is 1.98. The molecule has 2 rings (SSSR count). The van der Waals surface area contributed by atoms with Gasteiger partial charge in [-0.3, -0.25) is 4.79 Å². The minimum Gasteiger partial charge on any atom is -0.497 e. The van der Waals surface area contributed by atoms with Crippen molar-refractivity contribution in [2.75, 3.05) is 13.7 Å². The molecule has 0 bridgehead atoms. The molecule has 0 aromatic heterocycles. The average Bonchev–Trinajstić information content (AvgIpc) is 2.49. The van der Waals surface area contributed by atoms with Crippen LogP contribution < -0.4 is 9.47 Å². The third-order valence-electron chi connectivity index (χ3n) is 3.13. The summed E-state index contributed by atoms with van der Waals surface area (Å²) in [5.41, 5.74) is 1.66. The van der Waals surface area contributed by atoms with Crippen LogP contribution in [0, 0.1) is 0 Å². The first-order valence-corrected chi connectivity index (χ1v) is 7.04. The van der Waals surface area contributed by atoms with Crippen LogP contribution in [0.5, 0.6) is 11.5 Å². The summed E-state index contributed by atoms with van der Waals surface area (Å²) in [4.78, 5) is 11.6. The van der Waals surface area contributed by atoms with E-state index in [2.05, 4.69) is 0 Å². The Morgan fingerprint density at radius 1 is 1.14 bits per heavy atom. The van der Waals surface area contributed by atoms with Crippen LogP contribution in [0.15, 0.2) is 42.5 Å². The molecule has 110 valence electrons. The van der Waals surface area contributed by atoms with Gasteiger partial charge in [0.25, 0.3) is 0 Å². The summed E-state index contributed by atoms with van der Waals surface area (Å²) in [6.07, 6.45) is 0.754. The van der Waals surface area contributed by atoms with E-state index in [9.17, 15) is 4.79 Å². The first kappa shape index (κ1) is 15.4. The number of hydrogen-bond acceptors (Lipinski definition) is 3. The molecule has 21 heavy (non-hydrogen) atoms. The van der Waals surface area contributed by atoms with Gasteiger partial charge in [0.1, 0.15) is 11.5 Å². The highest BCUT2D eigenvalue weighted by atomic mass is 35.5. The van der Waals surface area contributed by atoms with E-state index in [1.807, 2.05) is 24.3 Å². The van der Waals surface area contributed by atoms with Gasteiger partial charge in [0.2, 0.25) is 0 Å². The summed E-state index contributed by atoms with van der Waals surface area (Å²) in [7, 11) is 1.64. The molecule has 0 radical (unpaired) electrons. The molecule has 0 aliphatic rings. The van der Waals surface area contributed by atoms with Crippen molar-refractivity contribution < 1.29 is 14.3 Å². The average molecular weight is 305 g/mol. The van der Waals surface area contributed by atoms with Crippen LogP contribution in [0.25, 0.3) is 0 Å². The zero-order valence-corrected chi connectivity index (χ0v) is 12.8. The number of Topliss-reactive ketones (excluding diaryl/α,β-unsaturated/α-hetero) is 1. The molecule has 2 aromatic rings. The molecule has 0 fully saturated rings. The number of benzene rings is 2. The van der Waals surface area contributed by atoms with Crippen molar-refractivity contribution in [2.24, 2.45) is 0 Å². The van der Waals surface area contributed by atoms with Crippen LogP contribution in [0.4, 0.5) is 0 Å². The highest BCUT2D eigenvalue weighted by Gasteiger charge is 2.09. The van der Waals surface area contributed by atoms with E-state index >= 15 is 0 Å². The number of hydrogen-bond donors (Lipinski definition) is 0. The lowest BCUT2D eigenvalue weighted by Gasteiger charge is -2.10. The molecule has 0 spiro atoms. The Labute approximate surface area is 129 Å². The molecule has 0 unspecified atom stereocenters. The second-order valence-corrected chi connectivity index (χ2v) is 5.08. The molecule has 0 saturated carbocycles. The summed E-state index contributed by atoms with van der Waals surface area (Å²) in [6, 6.07) is 12.9. The maximum absolute atomic E-state index is 11.6. The molecule has 4 heteroatoms. The summed E-state index contributed by atoms with van der Waals surface area (Å²) in [5, 5.41) is 0.530. The number of halogens is 1. The fraction of sp³-hybridized carbons (Fsp3) is 0.235. The van der Waals surface area contributed by atoms with Gasteiger partial charge in [-0.05, 0) is 42.8 Å². The predicted molar refractivity (Wildman–Crippen MR) is 83.6 cm³/mol. The van der Waals surface area contributed by atoms with Gasteiger partial charge in [0.15, 0.2) is 5.78 Å². The topological polar surface area (TPSA) is 35.5 Å². The Kier molecular flexibility index (Phi) is 5.23. The van der Waals surface area contributed by atoms with E-state index in [0.717, 1.165) is 17.7 Å². The van der Waals surface area contributed by atoms with Crippen LogP contribution in [0.2, 0.25) is 5.02 Å². The number of ketones is 1. The van der Waals surface area contributed by atoms with Crippen LogP contribution in [-0.2, 0) is 6.42 Å². The Hall–Kier alpha value is -2.00. The number of methoxy groups -OCH3 is 1. The van der Waals surface area contributed by atoms with E-state index in [0.29, 0.717) is 22.9 Å². The maximum Gasteiger partial charge on any atom is 0.163 e. The third kappa shape index (κ3) is 4.23. The minimum absolute atomic E-state index is 0.0584. The molecule has 0 heterocycles. The Bertz CT molecular complexity index is 620. The summed E-state index contributed by atoms with van der Waals surface area (Å²) in [6.45, 7) is 2.00. The van der Waals surface area contributed by atoms with Gasteiger partial charge in [0.05, 0.1) is 19.3 Å². The lowest BCUT2D eigenvalue weighted by Crippen LogP contribution is -2.05. The molecular formula is C17H17ClO3. The van der Waals surface area contributed by atoms with Crippen molar-refractivity contribution in [2.45, 2.75) is 13.3 Å². The Morgan fingerprint density at radius 2 is 1.86 bits per heavy atom. The molecule has 2 aromatic carbocycles. The zero-order valence-electron chi connectivity index (χ0n) is 12.1. The van der Waals surface area contributed by atoms with Gasteiger partial charge in [-0.1, -0.05) is 23.7 Å². The normalized spacial score (nSPS) is 10.2. The van der Waals surface area contributed by atoms with Gasteiger partial charge >= 0.3 is 0 Å². The zero-order chi connectivity index (χ0) is 15.2. The van der Waals surface area contributed by atoms with Gasteiger partial charge in [-0.25, -0.2) is 0 Å². The second-order valence-electron chi connectivity index (χ2n) is 4.64. The molecular weight excluding hydrogens is 288 g/mol. The molecule has 0 amide bonds. The SMILES string of the molecule is COc1ccc(CCOc2ccc(Cl)cc2C(C)=O)cc1. The smallest absolute Gasteiger partial charge is 0.163 e. The fourth-order valence-electron chi connectivity index (χ4n) is 1.97. The minimum atomic E-state index is -0.0584. The second kappa shape index (κ2) is 7.14. The molecule has 3 nitrogen and oxygen atoms in total. The van der Waals surface area contributed by atoms with Crippen molar-refractivity contribution in [3.63, 3.8) is 0 Å². The summed E-state index contributed by atoms with van der Waals surface area (Å²) in [5.74, 6) is 1.34. The lowest BCUT2D eigenvalue weighted by molar-refractivity contribution is 0.101. The van der Waals surface area contributed by atoms with Crippen LogP contribution >= 0.6 is 11.6 Å². The molecule has 0 atom stereocenters. The summed E-state index contributed by atoms with van der Waals surface area (Å²) < 4.78 is 10.8. The monoisotopic (exact) mass is 304 g/mol. The van der Waals surface area contributed by atoms with E-state index in [4.69, 9.17) is 21.1 Å². The first-order valence-electron chi connectivity index (χ1n) is 6.66. The van der Waals surface area contributed by atoms with Crippen LogP contribution in [0.1, 0.15) is 22.8 Å². The van der Waals surface area contributed by atoms with E-state index in [1.54, 1.807) is 25.3 Å². The molecule has 0 saturated heterocycles. The largest absolute Gasteiger partial charge is 0.497 e. The van der Waals surface area contributed by atoms with Crippen molar-refractivity contribution >= 4 is 17.4 Å². The maximum atomic E-state index is 11.6.